The van der Waals surface area contributed by atoms with Crippen LogP contribution >= 0.6 is 0 Å². The van der Waals surface area contributed by atoms with E-state index >= 15 is 0 Å². The lowest BCUT2D eigenvalue weighted by atomic mass is 10.1. The van der Waals surface area contributed by atoms with Crippen LogP contribution in [-0.4, -0.2) is 17.3 Å². The number of fused-ring (bicyclic) bond motifs is 1. The molecule has 1 aliphatic heterocycles. The van der Waals surface area contributed by atoms with Crippen molar-refractivity contribution in [3.05, 3.63) is 52.7 Å². The predicted octanol–water partition coefficient (Wildman–Crippen LogP) is 2.83. The number of aromatic hydroxyl groups is 2. The van der Waals surface area contributed by atoms with Gasteiger partial charge in [-0.15, -0.1) is 0 Å². The molecule has 5 nitrogen and oxygen atoms in total. The second-order valence-electron chi connectivity index (χ2n) is 4.54. The first kappa shape index (κ1) is 13.1. The molecule has 1 aromatic carbocycles. The van der Waals surface area contributed by atoms with Crippen LogP contribution in [0.15, 0.2) is 51.7 Å². The lowest BCUT2D eigenvalue weighted by Crippen LogP contribution is -1.98. The van der Waals surface area contributed by atoms with Crippen molar-refractivity contribution in [2.24, 2.45) is 0 Å². The molecule has 5 heteroatoms. The number of methoxy groups -OCH3 is 1. The van der Waals surface area contributed by atoms with Crippen LogP contribution in [0.5, 0.6) is 17.2 Å². The van der Waals surface area contributed by atoms with Crippen LogP contribution in [0.2, 0.25) is 0 Å². The maximum absolute atomic E-state index is 11.4. The smallest absolute Gasteiger partial charge is 0.186 e. The second kappa shape index (κ2) is 4.86. The maximum Gasteiger partial charge on any atom is 0.186 e. The molecule has 0 atom stereocenters. The van der Waals surface area contributed by atoms with Gasteiger partial charge in [-0.2, -0.15) is 0 Å². The maximum atomic E-state index is 11.4. The van der Waals surface area contributed by atoms with Crippen LogP contribution in [0.25, 0.3) is 22.6 Å². The Balaban J connectivity index is 2.16. The Morgan fingerprint density at radius 1 is 0.952 bits per heavy atom. The van der Waals surface area contributed by atoms with Crippen LogP contribution < -0.4 is 10.2 Å². The third-order valence-corrected chi connectivity index (χ3v) is 3.18. The van der Waals surface area contributed by atoms with Crippen molar-refractivity contribution in [2.45, 2.75) is 0 Å². The van der Waals surface area contributed by atoms with Gasteiger partial charge in [0.25, 0.3) is 0 Å². The molecule has 1 aromatic rings. The minimum absolute atomic E-state index is 0.00859. The number of rotatable bonds is 2. The zero-order valence-corrected chi connectivity index (χ0v) is 11.2. The number of phenols is 2. The molecule has 1 heterocycles. The van der Waals surface area contributed by atoms with Gasteiger partial charge in [0.05, 0.1) is 12.7 Å². The van der Waals surface area contributed by atoms with Gasteiger partial charge in [0.15, 0.2) is 16.9 Å². The Kier molecular flexibility index (Phi) is 3.02. The first-order valence-electron chi connectivity index (χ1n) is 6.23. The molecular formula is C16H12O5. The first-order valence-corrected chi connectivity index (χ1v) is 6.23. The van der Waals surface area contributed by atoms with Crippen molar-refractivity contribution in [2.75, 3.05) is 7.11 Å². The van der Waals surface area contributed by atoms with Crippen molar-refractivity contribution in [3.8, 4) is 39.9 Å². The molecule has 2 N–H and O–H groups in total. The Morgan fingerprint density at radius 3 is 2.48 bits per heavy atom. The van der Waals surface area contributed by atoms with E-state index < -0.39 is 0 Å². The van der Waals surface area contributed by atoms with Crippen molar-refractivity contribution in [1.29, 1.82) is 0 Å². The number of ether oxygens (including phenoxy) is 1. The summed E-state index contributed by atoms with van der Waals surface area (Å²) < 4.78 is 10.6. The minimum atomic E-state index is -0.335. The Bertz CT molecular complexity index is 834. The van der Waals surface area contributed by atoms with Gasteiger partial charge in [0.1, 0.15) is 17.3 Å². The molecule has 0 fully saturated rings. The molecule has 0 amide bonds. The molecule has 0 spiro atoms. The molecule has 0 radical (unpaired) electrons. The van der Waals surface area contributed by atoms with E-state index in [1.807, 2.05) is 0 Å². The van der Waals surface area contributed by atoms with E-state index in [0.717, 1.165) is 6.07 Å². The Morgan fingerprint density at radius 2 is 1.76 bits per heavy atom. The van der Waals surface area contributed by atoms with Gasteiger partial charge in [-0.1, -0.05) is 0 Å². The van der Waals surface area contributed by atoms with E-state index in [4.69, 9.17) is 9.15 Å². The number of hydrogen-bond acceptors (Lipinski definition) is 5. The van der Waals surface area contributed by atoms with Crippen LogP contribution in [0, 0.1) is 0 Å². The third-order valence-electron chi connectivity index (χ3n) is 3.18. The number of phenolic OH excluding ortho intramolecular Hbond substituents is 2. The molecule has 3 rings (SSSR count). The Labute approximate surface area is 120 Å². The second-order valence-corrected chi connectivity index (χ2v) is 4.54. The first-order chi connectivity index (χ1) is 10.1. The van der Waals surface area contributed by atoms with Gasteiger partial charge in [0.2, 0.25) is 0 Å². The molecule has 0 saturated heterocycles. The SMILES string of the molecule is COc1ccc(-c2ccc3c(O)cc(=O)cc-3o2)cc1O. The monoisotopic (exact) mass is 284 g/mol. The topological polar surface area (TPSA) is 79.9 Å². The summed E-state index contributed by atoms with van der Waals surface area (Å²) in [6.07, 6.45) is 0. The van der Waals surface area contributed by atoms with E-state index in [0.29, 0.717) is 22.6 Å². The summed E-state index contributed by atoms with van der Waals surface area (Å²) in [6.45, 7) is 0. The van der Waals surface area contributed by atoms with Gasteiger partial charge in [0, 0.05) is 17.7 Å². The molecule has 106 valence electrons. The van der Waals surface area contributed by atoms with Crippen LogP contribution in [0.1, 0.15) is 0 Å². The highest BCUT2D eigenvalue weighted by atomic mass is 16.5. The predicted molar refractivity (Wildman–Crippen MR) is 76.9 cm³/mol. The summed E-state index contributed by atoms with van der Waals surface area (Å²) in [5.74, 6) is 0.980. The van der Waals surface area contributed by atoms with Crippen LogP contribution in [0.4, 0.5) is 0 Å². The van der Waals surface area contributed by atoms with Crippen molar-refractivity contribution >= 4 is 0 Å². The average Bonchev–Trinajstić information content (AvgIpc) is 2.46. The number of hydrogen-bond donors (Lipinski definition) is 2. The largest absolute Gasteiger partial charge is 0.507 e. The van der Waals surface area contributed by atoms with Crippen molar-refractivity contribution < 1.29 is 19.4 Å². The van der Waals surface area contributed by atoms with Gasteiger partial charge < -0.3 is 19.4 Å². The van der Waals surface area contributed by atoms with Crippen LogP contribution in [-0.2, 0) is 0 Å². The molecular weight excluding hydrogens is 272 g/mol. The highest BCUT2D eigenvalue weighted by Crippen LogP contribution is 2.35. The molecule has 0 unspecified atom stereocenters. The fourth-order valence-electron chi connectivity index (χ4n) is 2.15. The zero-order chi connectivity index (χ0) is 15.0. The van der Waals surface area contributed by atoms with Gasteiger partial charge in [-0.05, 0) is 30.3 Å². The van der Waals surface area contributed by atoms with Crippen LogP contribution in [0.3, 0.4) is 0 Å². The third kappa shape index (κ3) is 2.29. The highest BCUT2D eigenvalue weighted by molar-refractivity contribution is 5.71. The zero-order valence-electron chi connectivity index (χ0n) is 11.2. The van der Waals surface area contributed by atoms with E-state index in [2.05, 4.69) is 0 Å². The van der Waals surface area contributed by atoms with Gasteiger partial charge in [-0.3, -0.25) is 4.79 Å². The van der Waals surface area contributed by atoms with Crippen molar-refractivity contribution in [1.82, 2.24) is 0 Å². The lowest BCUT2D eigenvalue weighted by Gasteiger charge is -2.10. The Hall–Kier alpha value is -2.95. The summed E-state index contributed by atoms with van der Waals surface area (Å²) in [7, 11) is 1.47. The quantitative estimate of drug-likeness (QED) is 0.756. The normalized spacial score (nSPS) is 10.7. The lowest BCUT2D eigenvalue weighted by molar-refractivity contribution is 0.373. The number of benzene rings is 2. The van der Waals surface area contributed by atoms with E-state index in [1.165, 1.54) is 19.2 Å². The minimum Gasteiger partial charge on any atom is -0.507 e. The van der Waals surface area contributed by atoms with E-state index in [-0.39, 0.29) is 22.7 Å². The molecule has 0 saturated carbocycles. The average molecular weight is 284 g/mol. The van der Waals surface area contributed by atoms with Gasteiger partial charge in [-0.25, -0.2) is 0 Å². The standard InChI is InChI=1S/C16H12O5/c1-20-15-4-2-9(6-13(15)19)14-5-3-11-12(18)7-10(17)8-16(11)21-14/h2-8,18-19H,1H3. The van der Waals surface area contributed by atoms with Gasteiger partial charge >= 0.3 is 0 Å². The van der Waals surface area contributed by atoms with E-state index in [9.17, 15) is 15.0 Å². The molecule has 21 heavy (non-hydrogen) atoms. The molecule has 0 aromatic heterocycles. The van der Waals surface area contributed by atoms with Crippen molar-refractivity contribution in [3.63, 3.8) is 0 Å². The summed E-state index contributed by atoms with van der Waals surface area (Å²) in [4.78, 5) is 11.4. The molecule has 2 aliphatic rings. The highest BCUT2D eigenvalue weighted by Gasteiger charge is 2.13. The summed E-state index contributed by atoms with van der Waals surface area (Å²) >= 11 is 0. The molecule has 1 aliphatic carbocycles. The summed E-state index contributed by atoms with van der Waals surface area (Å²) in [6, 6.07) is 10.6. The summed E-state index contributed by atoms with van der Waals surface area (Å²) in [5.41, 5.74) is 0.751. The fourth-order valence-corrected chi connectivity index (χ4v) is 2.15. The summed E-state index contributed by atoms with van der Waals surface area (Å²) in [5, 5.41) is 19.5. The van der Waals surface area contributed by atoms with E-state index in [1.54, 1.807) is 24.3 Å². The fraction of sp³-hybridized carbons (Fsp3) is 0.0625. The molecule has 0 bridgehead atoms.